The van der Waals surface area contributed by atoms with Crippen molar-refractivity contribution < 1.29 is 19.0 Å². The maximum atomic E-state index is 12.5. The number of carbonyl (C=O) groups is 1. The second kappa shape index (κ2) is 8.42. The third kappa shape index (κ3) is 4.56. The summed E-state index contributed by atoms with van der Waals surface area (Å²) in [7, 11) is 3.15. The van der Waals surface area contributed by atoms with Crippen molar-refractivity contribution in [2.24, 2.45) is 0 Å². The molecule has 1 aliphatic heterocycles. The van der Waals surface area contributed by atoms with Crippen LogP contribution >= 0.6 is 0 Å². The van der Waals surface area contributed by atoms with Crippen LogP contribution in [0.2, 0.25) is 0 Å². The molecule has 1 aliphatic rings. The number of piperidine rings is 1. The first kappa shape index (κ1) is 17.8. The van der Waals surface area contributed by atoms with Crippen LogP contribution in [-0.2, 0) is 0 Å². The number of hydrogen-bond acceptors (Lipinski definition) is 5. The monoisotopic (exact) mass is 357 g/mol. The summed E-state index contributed by atoms with van der Waals surface area (Å²) in [5.41, 5.74) is 0.639. The zero-order chi connectivity index (χ0) is 18.4. The van der Waals surface area contributed by atoms with Gasteiger partial charge in [0, 0.05) is 56.0 Å². The fourth-order valence-corrected chi connectivity index (χ4v) is 2.87. The Morgan fingerprint density at radius 1 is 1.12 bits per heavy atom. The molecular formula is C19H23N3O4. The number of ether oxygens (including phenoxy) is 3. The Labute approximate surface area is 152 Å². The molecule has 0 aliphatic carbocycles. The summed E-state index contributed by atoms with van der Waals surface area (Å²) in [6.07, 6.45) is 5.08. The van der Waals surface area contributed by atoms with Crippen LogP contribution in [0.3, 0.4) is 0 Å². The topological polar surface area (TPSA) is 72.9 Å². The van der Waals surface area contributed by atoms with Crippen LogP contribution in [0.15, 0.2) is 42.7 Å². The summed E-state index contributed by atoms with van der Waals surface area (Å²) < 4.78 is 16.4. The van der Waals surface area contributed by atoms with Crippen LogP contribution in [0.25, 0.3) is 0 Å². The number of carbonyl (C=O) groups excluding carboxylic acids is 1. The molecule has 1 fully saturated rings. The van der Waals surface area contributed by atoms with E-state index < -0.39 is 0 Å². The molecule has 2 amide bonds. The van der Waals surface area contributed by atoms with Gasteiger partial charge in [-0.25, -0.2) is 4.79 Å². The highest BCUT2D eigenvalue weighted by molar-refractivity contribution is 5.89. The Kier molecular flexibility index (Phi) is 5.78. The van der Waals surface area contributed by atoms with Crippen molar-refractivity contribution in [1.29, 1.82) is 0 Å². The number of pyridine rings is 1. The summed E-state index contributed by atoms with van der Waals surface area (Å²) >= 11 is 0. The predicted octanol–water partition coefficient (Wildman–Crippen LogP) is 3.17. The number of aromatic nitrogens is 1. The van der Waals surface area contributed by atoms with E-state index in [1.54, 1.807) is 49.7 Å². The van der Waals surface area contributed by atoms with Gasteiger partial charge in [0.15, 0.2) is 0 Å². The molecule has 0 unspecified atom stereocenters. The summed E-state index contributed by atoms with van der Waals surface area (Å²) in [6.45, 7) is 1.27. The van der Waals surface area contributed by atoms with Gasteiger partial charge in [-0.05, 0) is 12.1 Å². The van der Waals surface area contributed by atoms with E-state index in [0.29, 0.717) is 30.3 Å². The minimum Gasteiger partial charge on any atom is -0.497 e. The van der Waals surface area contributed by atoms with E-state index in [1.165, 1.54) is 0 Å². The first-order valence-corrected chi connectivity index (χ1v) is 8.53. The number of methoxy groups -OCH3 is 2. The molecule has 138 valence electrons. The fourth-order valence-electron chi connectivity index (χ4n) is 2.87. The third-order valence-electron chi connectivity index (χ3n) is 4.27. The number of nitrogens with zero attached hydrogens (tertiary/aromatic N) is 2. The average Bonchev–Trinajstić information content (AvgIpc) is 2.69. The van der Waals surface area contributed by atoms with Crippen molar-refractivity contribution in [3.63, 3.8) is 0 Å². The summed E-state index contributed by atoms with van der Waals surface area (Å²) in [4.78, 5) is 18.3. The molecule has 0 bridgehead atoms. The molecule has 1 N–H and O–H groups in total. The molecule has 0 saturated carbocycles. The zero-order valence-electron chi connectivity index (χ0n) is 15.0. The van der Waals surface area contributed by atoms with Crippen LogP contribution in [0, 0.1) is 0 Å². The number of nitrogens with one attached hydrogen (secondary N) is 1. The molecule has 0 atom stereocenters. The van der Waals surface area contributed by atoms with Gasteiger partial charge in [-0.1, -0.05) is 0 Å². The second-order valence-electron chi connectivity index (χ2n) is 6.02. The molecule has 1 saturated heterocycles. The largest absolute Gasteiger partial charge is 0.497 e. The van der Waals surface area contributed by atoms with Crippen LogP contribution < -0.4 is 19.5 Å². The zero-order valence-corrected chi connectivity index (χ0v) is 15.0. The van der Waals surface area contributed by atoms with Crippen molar-refractivity contribution in [1.82, 2.24) is 9.88 Å². The Morgan fingerprint density at radius 2 is 1.81 bits per heavy atom. The lowest BCUT2D eigenvalue weighted by Crippen LogP contribution is -2.43. The molecule has 2 heterocycles. The number of rotatable bonds is 5. The molecule has 1 aromatic carbocycles. The van der Waals surface area contributed by atoms with Crippen LogP contribution in [0.4, 0.5) is 10.5 Å². The van der Waals surface area contributed by atoms with E-state index >= 15 is 0 Å². The number of benzene rings is 1. The number of hydrogen-bond donors (Lipinski definition) is 1. The van der Waals surface area contributed by atoms with Gasteiger partial charge in [0.1, 0.15) is 23.4 Å². The number of urea groups is 1. The molecule has 26 heavy (non-hydrogen) atoms. The number of likely N-dealkylation sites (tertiary alicyclic amines) is 1. The minimum atomic E-state index is -0.139. The molecule has 3 rings (SSSR count). The van der Waals surface area contributed by atoms with Crippen molar-refractivity contribution in [2.45, 2.75) is 18.9 Å². The van der Waals surface area contributed by atoms with E-state index in [0.717, 1.165) is 18.6 Å². The van der Waals surface area contributed by atoms with E-state index in [1.807, 2.05) is 12.1 Å². The van der Waals surface area contributed by atoms with Gasteiger partial charge in [-0.15, -0.1) is 0 Å². The molecule has 0 spiro atoms. The van der Waals surface area contributed by atoms with Crippen molar-refractivity contribution in [2.75, 3.05) is 32.6 Å². The number of anilines is 1. The highest BCUT2D eigenvalue weighted by atomic mass is 16.5. The second-order valence-corrected chi connectivity index (χ2v) is 6.02. The molecular weight excluding hydrogens is 334 g/mol. The Morgan fingerprint density at radius 3 is 2.38 bits per heavy atom. The van der Waals surface area contributed by atoms with Crippen LogP contribution in [0.1, 0.15) is 12.8 Å². The molecule has 2 aromatic rings. The Balaban J connectivity index is 1.54. The normalized spacial score (nSPS) is 14.6. The highest BCUT2D eigenvalue weighted by Crippen LogP contribution is 2.26. The standard InChI is InChI=1S/C19H23N3O4/c1-24-17-10-14(11-18(12-17)25-2)21-19(23)22-8-5-15(6-9-22)26-16-4-3-7-20-13-16/h3-4,7,10-13,15H,5-6,8-9H2,1-2H3,(H,21,23). The van der Waals surface area contributed by atoms with Crippen LogP contribution in [0.5, 0.6) is 17.2 Å². The quantitative estimate of drug-likeness (QED) is 0.890. The number of amides is 2. The highest BCUT2D eigenvalue weighted by Gasteiger charge is 2.24. The smallest absolute Gasteiger partial charge is 0.321 e. The van der Waals surface area contributed by atoms with E-state index in [9.17, 15) is 4.79 Å². The summed E-state index contributed by atoms with van der Waals surface area (Å²) in [5.74, 6) is 2.02. The first-order valence-electron chi connectivity index (χ1n) is 8.53. The first-order chi connectivity index (χ1) is 12.7. The lowest BCUT2D eigenvalue weighted by molar-refractivity contribution is 0.115. The lowest BCUT2D eigenvalue weighted by atomic mass is 10.1. The van der Waals surface area contributed by atoms with E-state index in [2.05, 4.69) is 10.3 Å². The van der Waals surface area contributed by atoms with E-state index in [-0.39, 0.29) is 12.1 Å². The fraction of sp³-hybridized carbons (Fsp3) is 0.368. The third-order valence-corrected chi connectivity index (χ3v) is 4.27. The van der Waals surface area contributed by atoms with Gasteiger partial charge < -0.3 is 24.4 Å². The van der Waals surface area contributed by atoms with Gasteiger partial charge in [0.05, 0.1) is 20.4 Å². The molecule has 1 aromatic heterocycles. The van der Waals surface area contributed by atoms with Gasteiger partial charge in [0.2, 0.25) is 0 Å². The predicted molar refractivity (Wildman–Crippen MR) is 98.0 cm³/mol. The summed E-state index contributed by atoms with van der Waals surface area (Å²) in [6, 6.07) is 8.89. The van der Waals surface area contributed by atoms with E-state index in [4.69, 9.17) is 14.2 Å². The Bertz CT molecular complexity index is 709. The average molecular weight is 357 g/mol. The van der Waals surface area contributed by atoms with Crippen LogP contribution in [-0.4, -0.2) is 49.3 Å². The summed E-state index contributed by atoms with van der Waals surface area (Å²) in [5, 5.41) is 2.90. The maximum absolute atomic E-state index is 12.5. The maximum Gasteiger partial charge on any atom is 0.321 e. The van der Waals surface area contributed by atoms with Gasteiger partial charge in [0.25, 0.3) is 0 Å². The lowest BCUT2D eigenvalue weighted by Gasteiger charge is -2.32. The Hall–Kier alpha value is -2.96. The SMILES string of the molecule is COc1cc(NC(=O)N2CCC(Oc3cccnc3)CC2)cc(OC)c1. The van der Waals surface area contributed by atoms with Crippen molar-refractivity contribution in [3.05, 3.63) is 42.7 Å². The van der Waals surface area contributed by atoms with Crippen molar-refractivity contribution >= 4 is 11.7 Å². The van der Waals surface area contributed by atoms with Gasteiger partial charge in [-0.3, -0.25) is 4.98 Å². The van der Waals surface area contributed by atoms with Gasteiger partial charge >= 0.3 is 6.03 Å². The van der Waals surface area contributed by atoms with Gasteiger partial charge in [-0.2, -0.15) is 0 Å². The minimum absolute atomic E-state index is 0.0974. The van der Waals surface area contributed by atoms with Crippen molar-refractivity contribution in [3.8, 4) is 17.2 Å². The molecule has 7 nitrogen and oxygen atoms in total. The molecule has 0 radical (unpaired) electrons. The molecule has 7 heteroatoms.